The number of nitrogens with zero attached hydrogens (tertiary/aromatic N) is 1. The van der Waals surface area contributed by atoms with E-state index >= 15 is 0 Å². The SMILES string of the molecule is CCCCCCCCCCCCCCCCCCC1NCC=[N+]1CCO. The van der Waals surface area contributed by atoms with Crippen LogP contribution in [0, 0.1) is 0 Å². The Labute approximate surface area is 163 Å². The summed E-state index contributed by atoms with van der Waals surface area (Å²) in [7, 11) is 0. The van der Waals surface area contributed by atoms with E-state index in [9.17, 15) is 0 Å². The van der Waals surface area contributed by atoms with Crippen molar-refractivity contribution in [3.63, 3.8) is 0 Å². The van der Waals surface area contributed by atoms with E-state index in [0.717, 1.165) is 13.1 Å². The number of unbranched alkanes of at least 4 members (excludes halogenated alkanes) is 15. The van der Waals surface area contributed by atoms with Gasteiger partial charge in [0.25, 0.3) is 0 Å². The molecule has 1 aliphatic heterocycles. The van der Waals surface area contributed by atoms with Gasteiger partial charge in [-0.15, -0.1) is 0 Å². The molecule has 0 bridgehead atoms. The summed E-state index contributed by atoms with van der Waals surface area (Å²) in [6, 6.07) is 0. The molecule has 0 aromatic heterocycles. The summed E-state index contributed by atoms with van der Waals surface area (Å²) in [5.41, 5.74) is 0. The number of aliphatic hydroxyl groups excluding tert-OH is 1. The van der Waals surface area contributed by atoms with Crippen molar-refractivity contribution >= 4 is 6.21 Å². The minimum Gasteiger partial charge on any atom is -0.390 e. The second-order valence-electron chi connectivity index (χ2n) is 8.16. The molecule has 0 aromatic rings. The van der Waals surface area contributed by atoms with Gasteiger partial charge in [0.15, 0.2) is 12.8 Å². The summed E-state index contributed by atoms with van der Waals surface area (Å²) in [5, 5.41) is 12.6. The molecule has 3 heteroatoms. The van der Waals surface area contributed by atoms with E-state index in [-0.39, 0.29) is 6.61 Å². The molecule has 1 rings (SSSR count). The second-order valence-corrected chi connectivity index (χ2v) is 8.16. The maximum absolute atomic E-state index is 9.07. The van der Waals surface area contributed by atoms with Gasteiger partial charge in [-0.25, -0.2) is 9.89 Å². The molecule has 0 aliphatic carbocycles. The minimum absolute atomic E-state index is 0.258. The van der Waals surface area contributed by atoms with Crippen molar-refractivity contribution in [2.75, 3.05) is 19.7 Å². The van der Waals surface area contributed by atoms with Crippen molar-refractivity contribution in [2.24, 2.45) is 0 Å². The van der Waals surface area contributed by atoms with E-state index < -0.39 is 0 Å². The molecule has 1 unspecified atom stereocenters. The lowest BCUT2D eigenvalue weighted by Crippen LogP contribution is -2.34. The highest BCUT2D eigenvalue weighted by Gasteiger charge is 2.23. The molecule has 1 heterocycles. The second kappa shape index (κ2) is 18.0. The van der Waals surface area contributed by atoms with Gasteiger partial charge in [0.05, 0.1) is 6.54 Å². The van der Waals surface area contributed by atoms with Crippen molar-refractivity contribution in [2.45, 2.75) is 122 Å². The molecule has 154 valence electrons. The third kappa shape index (κ3) is 12.9. The third-order valence-corrected chi connectivity index (χ3v) is 5.77. The number of β-amino-alcohol motifs (C(OH)–C–C–N with tert-alkyl or cyclic N) is 1. The Balaban J connectivity index is 1.74. The van der Waals surface area contributed by atoms with Crippen LogP contribution < -0.4 is 5.32 Å². The average Bonchev–Trinajstić information content (AvgIpc) is 3.09. The smallest absolute Gasteiger partial charge is 0.206 e. The minimum atomic E-state index is 0.258. The highest BCUT2D eigenvalue weighted by Crippen LogP contribution is 2.14. The lowest BCUT2D eigenvalue weighted by Gasteiger charge is -2.10. The Morgan fingerprint density at radius 1 is 0.769 bits per heavy atom. The van der Waals surface area contributed by atoms with Crippen LogP contribution in [0.2, 0.25) is 0 Å². The Kier molecular flexibility index (Phi) is 16.3. The average molecular weight is 368 g/mol. The number of hydrogen-bond acceptors (Lipinski definition) is 2. The number of rotatable bonds is 19. The Morgan fingerprint density at radius 2 is 1.23 bits per heavy atom. The zero-order chi connectivity index (χ0) is 18.7. The van der Waals surface area contributed by atoms with E-state index in [2.05, 4.69) is 23.0 Å². The fourth-order valence-electron chi connectivity index (χ4n) is 4.07. The largest absolute Gasteiger partial charge is 0.390 e. The first-order valence-electron chi connectivity index (χ1n) is 11.8. The molecule has 1 atom stereocenters. The van der Waals surface area contributed by atoms with E-state index in [1.807, 2.05) is 0 Å². The maximum Gasteiger partial charge on any atom is 0.206 e. The first-order chi connectivity index (χ1) is 12.9. The molecule has 26 heavy (non-hydrogen) atoms. The zero-order valence-corrected chi connectivity index (χ0v) is 17.7. The highest BCUT2D eigenvalue weighted by atomic mass is 16.3. The summed E-state index contributed by atoms with van der Waals surface area (Å²) in [6.45, 7) is 4.29. The Bertz CT molecular complexity index is 330. The van der Waals surface area contributed by atoms with Crippen LogP contribution in [0.4, 0.5) is 0 Å². The van der Waals surface area contributed by atoms with Gasteiger partial charge in [0, 0.05) is 6.42 Å². The van der Waals surface area contributed by atoms with Crippen molar-refractivity contribution in [3.8, 4) is 0 Å². The van der Waals surface area contributed by atoms with Crippen LogP contribution in [-0.2, 0) is 0 Å². The first-order valence-corrected chi connectivity index (χ1v) is 11.8. The lowest BCUT2D eigenvalue weighted by atomic mass is 10.0. The standard InChI is InChI=1S/C23H47N2O/c1-2-3-4-5-6-7-8-9-10-11-12-13-14-15-16-17-18-23-24-19-20-25(23)21-22-26/h20,23-24,26H,2-19,21-22H2,1H3/q+1. The monoisotopic (exact) mass is 367 g/mol. The van der Waals surface area contributed by atoms with Gasteiger partial charge >= 0.3 is 0 Å². The number of aliphatic hydroxyl groups is 1. The summed E-state index contributed by atoms with van der Waals surface area (Å²) in [5.74, 6) is 0. The third-order valence-electron chi connectivity index (χ3n) is 5.77. The molecule has 0 amide bonds. The van der Waals surface area contributed by atoms with Gasteiger partial charge in [-0.2, -0.15) is 0 Å². The summed E-state index contributed by atoms with van der Waals surface area (Å²) < 4.78 is 2.27. The van der Waals surface area contributed by atoms with Crippen LogP contribution in [0.15, 0.2) is 0 Å². The summed E-state index contributed by atoms with van der Waals surface area (Å²) in [6.07, 6.45) is 26.7. The molecule has 0 spiro atoms. The van der Waals surface area contributed by atoms with Crippen molar-refractivity contribution in [1.82, 2.24) is 5.32 Å². The predicted octanol–water partition coefficient (Wildman–Crippen LogP) is 5.64. The van der Waals surface area contributed by atoms with Gasteiger partial charge in [-0.05, 0) is 6.42 Å². The van der Waals surface area contributed by atoms with Gasteiger partial charge in [-0.3, -0.25) is 0 Å². The molecule has 0 fully saturated rings. The van der Waals surface area contributed by atoms with E-state index in [0.29, 0.717) is 6.17 Å². The number of nitrogens with one attached hydrogen (secondary N) is 1. The number of hydrogen-bond donors (Lipinski definition) is 2. The van der Waals surface area contributed by atoms with Crippen molar-refractivity contribution in [3.05, 3.63) is 0 Å². The fourth-order valence-corrected chi connectivity index (χ4v) is 4.07. The molecular weight excluding hydrogens is 320 g/mol. The predicted molar refractivity (Wildman–Crippen MR) is 114 cm³/mol. The molecule has 0 radical (unpaired) electrons. The highest BCUT2D eigenvalue weighted by molar-refractivity contribution is 5.55. The zero-order valence-electron chi connectivity index (χ0n) is 17.7. The van der Waals surface area contributed by atoms with Gasteiger partial charge in [0.1, 0.15) is 6.61 Å². The molecule has 0 saturated carbocycles. The van der Waals surface area contributed by atoms with Gasteiger partial charge < -0.3 is 5.11 Å². The van der Waals surface area contributed by atoms with Crippen LogP contribution in [0.5, 0.6) is 0 Å². The van der Waals surface area contributed by atoms with E-state index in [1.54, 1.807) is 0 Å². The summed E-state index contributed by atoms with van der Waals surface area (Å²) >= 11 is 0. The first kappa shape index (κ1) is 23.6. The van der Waals surface area contributed by atoms with Gasteiger partial charge in [-0.1, -0.05) is 103 Å². The molecular formula is C23H47N2O+. The van der Waals surface area contributed by atoms with Crippen LogP contribution in [0.25, 0.3) is 0 Å². The van der Waals surface area contributed by atoms with E-state index in [1.165, 1.54) is 109 Å². The molecule has 3 nitrogen and oxygen atoms in total. The molecule has 0 saturated heterocycles. The summed E-state index contributed by atoms with van der Waals surface area (Å²) in [4.78, 5) is 0. The van der Waals surface area contributed by atoms with Crippen LogP contribution in [0.3, 0.4) is 0 Å². The van der Waals surface area contributed by atoms with Crippen LogP contribution in [0.1, 0.15) is 116 Å². The molecule has 2 N–H and O–H groups in total. The Hall–Kier alpha value is -0.410. The lowest BCUT2D eigenvalue weighted by molar-refractivity contribution is -0.561. The quantitative estimate of drug-likeness (QED) is 0.229. The normalized spacial score (nSPS) is 17.0. The van der Waals surface area contributed by atoms with Gasteiger partial charge in [0.2, 0.25) is 6.17 Å². The topological polar surface area (TPSA) is 35.3 Å². The molecule has 1 aliphatic rings. The maximum atomic E-state index is 9.07. The van der Waals surface area contributed by atoms with Crippen LogP contribution in [-0.4, -0.2) is 41.8 Å². The fraction of sp³-hybridized carbons (Fsp3) is 0.957. The van der Waals surface area contributed by atoms with E-state index in [4.69, 9.17) is 5.11 Å². The molecule has 0 aromatic carbocycles. The Morgan fingerprint density at radius 3 is 1.69 bits per heavy atom. The van der Waals surface area contributed by atoms with Crippen LogP contribution >= 0.6 is 0 Å². The van der Waals surface area contributed by atoms with Crippen molar-refractivity contribution < 1.29 is 9.68 Å². The van der Waals surface area contributed by atoms with Crippen molar-refractivity contribution in [1.29, 1.82) is 0 Å².